The third kappa shape index (κ3) is 6.88. The molecule has 1 atom stereocenters. The number of fused-ring (bicyclic) bond motifs is 13. The molecule has 4 amide bonds. The fourth-order valence-electron chi connectivity index (χ4n) is 4.93. The van der Waals surface area contributed by atoms with Gasteiger partial charge in [0.15, 0.2) is 11.5 Å². The second-order valence-electron chi connectivity index (χ2n) is 9.83. The molecular weight excluding hydrogens is 519 g/mol. The van der Waals surface area contributed by atoms with E-state index < -0.39 is 11.7 Å². The van der Waals surface area contributed by atoms with Gasteiger partial charge in [-0.3, -0.25) is 19.2 Å². The van der Waals surface area contributed by atoms with Crippen LogP contribution in [0.5, 0.6) is 17.2 Å². The largest absolute Gasteiger partial charge is 0.493 e. The molecule has 0 radical (unpaired) electrons. The summed E-state index contributed by atoms with van der Waals surface area (Å²) in [5.41, 5.74) is 0.520. The molecule has 0 spiro atoms. The summed E-state index contributed by atoms with van der Waals surface area (Å²) >= 11 is 0. The van der Waals surface area contributed by atoms with Crippen molar-refractivity contribution in [2.75, 3.05) is 39.8 Å². The number of amides is 4. The van der Waals surface area contributed by atoms with Crippen LogP contribution in [0.1, 0.15) is 48.5 Å². The smallest absolute Gasteiger partial charge is 0.251 e. The van der Waals surface area contributed by atoms with Gasteiger partial charge in [-0.2, -0.15) is 0 Å². The molecule has 3 heterocycles. The minimum absolute atomic E-state index is 0.0391. The van der Waals surface area contributed by atoms with Crippen molar-refractivity contribution in [2.24, 2.45) is 5.92 Å². The number of carbonyl (C=O) groups is 4. The fraction of sp³-hybridized carbons (Fsp3) is 0.448. The molecule has 11 heteroatoms. The number of hydrogen-bond donors (Lipinski definition) is 2. The van der Waals surface area contributed by atoms with Crippen LogP contribution in [0.4, 0.5) is 4.39 Å². The van der Waals surface area contributed by atoms with Gasteiger partial charge < -0.3 is 29.9 Å². The van der Waals surface area contributed by atoms with Crippen molar-refractivity contribution in [3.05, 3.63) is 53.3 Å². The molecule has 5 rings (SSSR count). The second kappa shape index (κ2) is 13.3. The van der Waals surface area contributed by atoms with E-state index in [1.807, 2.05) is 6.92 Å². The van der Waals surface area contributed by atoms with E-state index in [0.29, 0.717) is 51.1 Å². The van der Waals surface area contributed by atoms with Crippen LogP contribution in [0.2, 0.25) is 0 Å². The van der Waals surface area contributed by atoms with Gasteiger partial charge in [0.2, 0.25) is 17.7 Å². The minimum atomic E-state index is -0.539. The van der Waals surface area contributed by atoms with Crippen LogP contribution in [0, 0.1) is 11.7 Å². The van der Waals surface area contributed by atoms with Crippen LogP contribution in [-0.4, -0.2) is 73.3 Å². The first-order valence-corrected chi connectivity index (χ1v) is 13.6. The van der Waals surface area contributed by atoms with Crippen LogP contribution in [0.15, 0.2) is 36.4 Å². The van der Waals surface area contributed by atoms with Crippen LogP contribution in [0.3, 0.4) is 0 Å². The maximum atomic E-state index is 14.7. The maximum absolute atomic E-state index is 14.7. The third-order valence-corrected chi connectivity index (χ3v) is 7.16. The number of rotatable bonds is 3. The second-order valence-corrected chi connectivity index (χ2v) is 9.83. The normalized spacial score (nSPS) is 19.1. The number of halogens is 1. The lowest BCUT2D eigenvalue weighted by Gasteiger charge is -2.26. The third-order valence-electron chi connectivity index (χ3n) is 7.16. The van der Waals surface area contributed by atoms with Gasteiger partial charge in [-0.05, 0) is 50.1 Å². The van der Waals surface area contributed by atoms with Crippen LogP contribution in [-0.2, 0) is 20.9 Å². The van der Waals surface area contributed by atoms with Gasteiger partial charge in [-0.15, -0.1) is 0 Å². The monoisotopic (exact) mass is 554 g/mol. The van der Waals surface area contributed by atoms with Gasteiger partial charge in [-0.25, -0.2) is 4.39 Å². The number of methoxy groups -OCH3 is 1. The number of likely N-dealkylation sites (tertiary alicyclic amines) is 1. The van der Waals surface area contributed by atoms with Crippen LogP contribution >= 0.6 is 0 Å². The predicted molar refractivity (Wildman–Crippen MR) is 144 cm³/mol. The highest BCUT2D eigenvalue weighted by molar-refractivity contribution is 5.95. The average molecular weight is 555 g/mol. The van der Waals surface area contributed by atoms with E-state index in [-0.39, 0.29) is 65.8 Å². The topological polar surface area (TPSA) is 117 Å². The molecule has 1 unspecified atom stereocenters. The van der Waals surface area contributed by atoms with Crippen molar-refractivity contribution in [1.82, 2.24) is 20.4 Å². The summed E-state index contributed by atoms with van der Waals surface area (Å²) in [6.07, 6.45) is 1.19. The lowest BCUT2D eigenvalue weighted by molar-refractivity contribution is -0.136. The summed E-state index contributed by atoms with van der Waals surface area (Å²) in [6.45, 7) is 3.73. The molecule has 2 aromatic carbocycles. The Hall–Kier alpha value is -4.15. The number of carbonyl (C=O) groups excluding carboxylic acids is 4. The SMILES string of the molecule is CCN1CC(C(=O)N2CCCNC(=O)c3ccc(c(OC)c3)Oc3cccc(F)c3CNC(=O)CCC2)CC1=O. The Labute approximate surface area is 232 Å². The molecule has 2 bridgehead atoms. The van der Waals surface area contributed by atoms with E-state index in [9.17, 15) is 23.6 Å². The lowest BCUT2D eigenvalue weighted by atomic mass is 10.1. The van der Waals surface area contributed by atoms with Gasteiger partial charge in [-0.1, -0.05) is 6.07 Å². The van der Waals surface area contributed by atoms with Gasteiger partial charge in [0.1, 0.15) is 11.6 Å². The van der Waals surface area contributed by atoms with E-state index in [0.717, 1.165) is 0 Å². The van der Waals surface area contributed by atoms with Crippen molar-refractivity contribution in [3.63, 3.8) is 0 Å². The van der Waals surface area contributed by atoms with E-state index >= 15 is 0 Å². The summed E-state index contributed by atoms with van der Waals surface area (Å²) in [5.74, 6) is -0.963. The van der Waals surface area contributed by atoms with Gasteiger partial charge in [0, 0.05) is 63.2 Å². The molecule has 1 fully saturated rings. The molecule has 3 aliphatic rings. The Bertz CT molecular complexity index is 1270. The van der Waals surface area contributed by atoms with E-state index in [1.54, 1.807) is 28.0 Å². The molecule has 214 valence electrons. The van der Waals surface area contributed by atoms with Crippen molar-refractivity contribution in [3.8, 4) is 17.2 Å². The zero-order valence-corrected chi connectivity index (χ0v) is 22.8. The van der Waals surface area contributed by atoms with Gasteiger partial charge in [0.25, 0.3) is 5.91 Å². The zero-order chi connectivity index (χ0) is 28.6. The minimum Gasteiger partial charge on any atom is -0.493 e. The van der Waals surface area contributed by atoms with E-state index in [2.05, 4.69) is 10.6 Å². The Balaban J connectivity index is 1.55. The first-order valence-electron chi connectivity index (χ1n) is 13.6. The molecule has 2 N–H and O–H groups in total. The Morgan fingerprint density at radius 1 is 1.10 bits per heavy atom. The Morgan fingerprint density at radius 3 is 2.65 bits per heavy atom. The van der Waals surface area contributed by atoms with Crippen molar-refractivity contribution >= 4 is 23.6 Å². The van der Waals surface area contributed by atoms with Gasteiger partial charge in [0.05, 0.1) is 13.0 Å². The Kier molecular flexibility index (Phi) is 9.57. The van der Waals surface area contributed by atoms with Crippen LogP contribution in [0.25, 0.3) is 0 Å². The number of benzene rings is 2. The summed E-state index contributed by atoms with van der Waals surface area (Å²) in [6, 6.07) is 9.05. The van der Waals surface area contributed by atoms with Gasteiger partial charge >= 0.3 is 0 Å². The number of ether oxygens (including phenoxy) is 2. The molecule has 2 aromatic rings. The molecule has 1 saturated heterocycles. The molecule has 0 saturated carbocycles. The first-order chi connectivity index (χ1) is 19.3. The standard InChI is InChI=1S/C29H35FN4O6/c1-3-33-18-20(16-27(33)36)29(38)34-13-5-9-26(35)32-17-21-22(30)7-4-8-23(21)40-24-11-10-19(15-25(24)39-2)28(37)31-12-6-14-34/h4,7-8,10-11,15,20H,3,5-6,9,12-14,16-18H2,1-2H3,(H,31,37)(H,32,35). The Morgan fingerprint density at radius 2 is 1.90 bits per heavy atom. The highest BCUT2D eigenvalue weighted by Crippen LogP contribution is 2.34. The van der Waals surface area contributed by atoms with E-state index in [4.69, 9.17) is 9.47 Å². The van der Waals surface area contributed by atoms with E-state index in [1.165, 1.54) is 25.3 Å². The predicted octanol–water partition coefficient (Wildman–Crippen LogP) is 2.85. The van der Waals surface area contributed by atoms with Crippen molar-refractivity contribution in [1.29, 1.82) is 0 Å². The fourth-order valence-corrected chi connectivity index (χ4v) is 4.93. The summed E-state index contributed by atoms with van der Waals surface area (Å²) in [4.78, 5) is 54.3. The van der Waals surface area contributed by atoms with Crippen LogP contribution < -0.4 is 20.1 Å². The van der Waals surface area contributed by atoms with Crippen molar-refractivity contribution < 1.29 is 33.0 Å². The number of nitrogens with zero attached hydrogens (tertiary/aromatic N) is 2. The molecular formula is C29H35FN4O6. The summed E-state index contributed by atoms with van der Waals surface area (Å²) in [5, 5.41) is 5.60. The number of nitrogens with one attached hydrogen (secondary N) is 2. The lowest BCUT2D eigenvalue weighted by Crippen LogP contribution is -2.40. The maximum Gasteiger partial charge on any atom is 0.251 e. The number of hydrogen-bond acceptors (Lipinski definition) is 6. The van der Waals surface area contributed by atoms with Crippen molar-refractivity contribution in [2.45, 2.75) is 39.2 Å². The molecule has 0 aromatic heterocycles. The highest BCUT2D eigenvalue weighted by atomic mass is 19.1. The molecule has 0 aliphatic carbocycles. The highest BCUT2D eigenvalue weighted by Gasteiger charge is 2.35. The zero-order valence-electron chi connectivity index (χ0n) is 22.8. The molecule has 10 nitrogen and oxygen atoms in total. The molecule has 3 aliphatic heterocycles. The molecule has 40 heavy (non-hydrogen) atoms. The average Bonchev–Trinajstić information content (AvgIpc) is 3.33. The summed E-state index contributed by atoms with van der Waals surface area (Å²) < 4.78 is 26.1. The summed E-state index contributed by atoms with van der Waals surface area (Å²) in [7, 11) is 1.44. The first kappa shape index (κ1) is 28.8. The quantitative estimate of drug-likeness (QED) is 0.603.